The van der Waals surface area contributed by atoms with Crippen LogP contribution in [0.15, 0.2) is 53.5 Å². The second-order valence-electron chi connectivity index (χ2n) is 7.46. The Labute approximate surface area is 184 Å². The summed E-state index contributed by atoms with van der Waals surface area (Å²) >= 11 is 0. The minimum absolute atomic E-state index is 0.0395. The van der Waals surface area contributed by atoms with Gasteiger partial charge in [-0.25, -0.2) is 4.98 Å². The number of hydrogen-bond acceptors (Lipinski definition) is 7. The fourth-order valence-corrected chi connectivity index (χ4v) is 4.26. The number of pyridine rings is 1. The Hall–Kier alpha value is -2.49. The minimum Gasteiger partial charge on any atom is -0.473 e. The highest BCUT2D eigenvalue weighted by molar-refractivity contribution is 7.84. The van der Waals surface area contributed by atoms with Crippen LogP contribution in [0.25, 0.3) is 0 Å². The number of aliphatic hydroxyl groups is 1. The molecule has 3 heterocycles. The Balaban J connectivity index is 1.30. The number of carbonyl (C=O) groups excluding carboxylic acids is 1. The minimum atomic E-state index is -1.27. The third-order valence-corrected chi connectivity index (χ3v) is 6.11. The molecule has 168 valence electrons. The largest absolute Gasteiger partial charge is 0.473 e. The van der Waals surface area contributed by atoms with Gasteiger partial charge in [-0.2, -0.15) is 0 Å². The fraction of sp³-hybridized carbons (Fsp3) is 0.455. The zero-order valence-electron chi connectivity index (χ0n) is 17.4. The Morgan fingerprint density at radius 2 is 2.16 bits per heavy atom. The molecule has 0 aromatic carbocycles. The van der Waals surface area contributed by atoms with Crippen molar-refractivity contribution in [3.63, 3.8) is 0 Å². The molecule has 1 aliphatic heterocycles. The fourth-order valence-electron chi connectivity index (χ4n) is 3.23. The van der Waals surface area contributed by atoms with E-state index in [1.54, 1.807) is 18.3 Å². The second-order valence-corrected chi connectivity index (χ2v) is 8.91. The zero-order valence-corrected chi connectivity index (χ0v) is 18.3. The summed E-state index contributed by atoms with van der Waals surface area (Å²) in [6.07, 6.45) is 9.84. The smallest absolute Gasteiger partial charge is 0.232 e. The summed E-state index contributed by atoms with van der Waals surface area (Å²) < 4.78 is 22.5. The van der Waals surface area contributed by atoms with Crippen LogP contribution in [0.4, 0.5) is 0 Å². The number of rotatable bonds is 11. The van der Waals surface area contributed by atoms with Crippen LogP contribution >= 0.6 is 0 Å². The Morgan fingerprint density at radius 1 is 1.32 bits per heavy atom. The lowest BCUT2D eigenvalue weighted by Gasteiger charge is -2.29. The summed E-state index contributed by atoms with van der Waals surface area (Å²) in [4.78, 5) is 18.4. The van der Waals surface area contributed by atoms with Gasteiger partial charge in [0.15, 0.2) is 0 Å². The van der Waals surface area contributed by atoms with Gasteiger partial charge in [-0.3, -0.25) is 13.9 Å². The van der Waals surface area contributed by atoms with Gasteiger partial charge in [-0.15, -0.1) is 0 Å². The van der Waals surface area contributed by atoms with Crippen molar-refractivity contribution in [2.75, 3.05) is 32.0 Å². The van der Waals surface area contributed by atoms with E-state index in [9.17, 15) is 14.1 Å². The molecule has 1 fully saturated rings. The molecule has 1 unspecified atom stereocenters. The van der Waals surface area contributed by atoms with E-state index in [-0.39, 0.29) is 17.8 Å². The average Bonchev–Trinajstić information content (AvgIpc) is 3.25. The molecule has 2 aromatic rings. The number of amides is 1. The maximum Gasteiger partial charge on any atom is 0.232 e. The van der Waals surface area contributed by atoms with E-state index < -0.39 is 10.8 Å². The molecule has 1 atom stereocenters. The highest BCUT2D eigenvalue weighted by atomic mass is 32.2. The van der Waals surface area contributed by atoms with Crippen LogP contribution in [0.2, 0.25) is 0 Å². The number of likely N-dealkylation sites (tertiary alicyclic amines) is 1. The van der Waals surface area contributed by atoms with Gasteiger partial charge < -0.3 is 19.6 Å². The molecule has 8 nitrogen and oxygen atoms in total. The first-order chi connectivity index (χ1) is 15.1. The molecule has 0 spiro atoms. The predicted molar refractivity (Wildman–Crippen MR) is 118 cm³/mol. The molecule has 3 rings (SSSR count). The van der Waals surface area contributed by atoms with Crippen LogP contribution in [-0.2, 0) is 27.9 Å². The Bertz CT molecular complexity index is 864. The topological polar surface area (TPSA) is 105 Å². The number of ether oxygens (including phenoxy) is 1. The third kappa shape index (κ3) is 8.64. The second kappa shape index (κ2) is 12.4. The molecule has 0 aliphatic carbocycles. The number of nitrogens with one attached hydrogen (secondary N) is 1. The van der Waals surface area contributed by atoms with E-state index in [0.717, 1.165) is 43.6 Å². The summed E-state index contributed by atoms with van der Waals surface area (Å²) in [6.45, 7) is 3.29. The highest BCUT2D eigenvalue weighted by Crippen LogP contribution is 2.16. The van der Waals surface area contributed by atoms with Crippen LogP contribution in [0, 0.1) is 0 Å². The van der Waals surface area contributed by atoms with Crippen LogP contribution in [0.3, 0.4) is 0 Å². The first-order valence-electron chi connectivity index (χ1n) is 10.3. The van der Waals surface area contributed by atoms with Gasteiger partial charge in [0.05, 0.1) is 24.4 Å². The van der Waals surface area contributed by atoms with Crippen molar-refractivity contribution in [2.45, 2.75) is 31.2 Å². The molecule has 0 bridgehead atoms. The van der Waals surface area contributed by atoms with E-state index in [2.05, 4.69) is 15.2 Å². The van der Waals surface area contributed by atoms with Crippen molar-refractivity contribution in [1.29, 1.82) is 0 Å². The monoisotopic (exact) mass is 447 g/mol. The SMILES string of the molecule is O=C(CS(=O)Cc1ccoc1)NC/C=C/COc1cc(CN2CCC(O)CC2)ccn1. The van der Waals surface area contributed by atoms with Crippen LogP contribution in [0.1, 0.15) is 24.0 Å². The standard InChI is InChI=1S/C22H29N3O5S/c26-20-4-9-25(10-5-20)14-18-3-8-24-22(13-18)30-11-2-1-7-23-21(27)17-31(28)16-19-6-12-29-15-19/h1-3,6,8,12-13,15,20,26H,4-5,7,9-11,14,16-17H2,(H,23,27)/b2-1+. The maximum absolute atomic E-state index is 11.9. The molecule has 2 aromatic heterocycles. The van der Waals surface area contributed by atoms with E-state index >= 15 is 0 Å². The summed E-state index contributed by atoms with van der Waals surface area (Å²) in [5.41, 5.74) is 1.94. The van der Waals surface area contributed by atoms with Crippen LogP contribution in [0.5, 0.6) is 5.88 Å². The number of piperidine rings is 1. The lowest BCUT2D eigenvalue weighted by molar-refractivity contribution is -0.118. The van der Waals surface area contributed by atoms with Crippen molar-refractivity contribution in [1.82, 2.24) is 15.2 Å². The molecular weight excluding hydrogens is 418 g/mol. The van der Waals surface area contributed by atoms with Gasteiger partial charge in [0.25, 0.3) is 0 Å². The van der Waals surface area contributed by atoms with Crippen molar-refractivity contribution in [3.8, 4) is 5.88 Å². The van der Waals surface area contributed by atoms with Crippen molar-refractivity contribution in [3.05, 3.63) is 60.2 Å². The summed E-state index contributed by atoms with van der Waals surface area (Å²) in [7, 11) is -1.27. The molecule has 0 radical (unpaired) electrons. The lowest BCUT2D eigenvalue weighted by atomic mass is 10.1. The van der Waals surface area contributed by atoms with Gasteiger partial charge in [-0.05, 0) is 36.6 Å². The van der Waals surface area contributed by atoms with E-state index in [4.69, 9.17) is 9.15 Å². The van der Waals surface area contributed by atoms with Gasteiger partial charge in [0.1, 0.15) is 12.4 Å². The Morgan fingerprint density at radius 3 is 2.94 bits per heavy atom. The van der Waals surface area contributed by atoms with Gasteiger partial charge in [0.2, 0.25) is 11.8 Å². The number of hydrogen-bond donors (Lipinski definition) is 2. The summed E-state index contributed by atoms with van der Waals surface area (Å²) in [5, 5.41) is 12.3. The molecule has 2 N–H and O–H groups in total. The number of furan rings is 1. The zero-order chi connectivity index (χ0) is 21.9. The molecular formula is C22H29N3O5S. The Kier molecular flexibility index (Phi) is 9.26. The van der Waals surface area contributed by atoms with Crippen molar-refractivity contribution in [2.24, 2.45) is 0 Å². The molecule has 1 amide bonds. The molecule has 1 saturated heterocycles. The lowest BCUT2D eigenvalue weighted by Crippen LogP contribution is -2.35. The summed E-state index contributed by atoms with van der Waals surface area (Å²) in [6, 6.07) is 5.64. The highest BCUT2D eigenvalue weighted by Gasteiger charge is 2.17. The molecule has 0 saturated carbocycles. The summed E-state index contributed by atoms with van der Waals surface area (Å²) in [5.74, 6) is 0.562. The van der Waals surface area contributed by atoms with E-state index in [1.807, 2.05) is 18.2 Å². The van der Waals surface area contributed by atoms with Gasteiger partial charge >= 0.3 is 0 Å². The number of carbonyl (C=O) groups is 1. The molecule has 1 aliphatic rings. The first kappa shape index (κ1) is 23.2. The van der Waals surface area contributed by atoms with Crippen molar-refractivity contribution < 1.29 is 23.3 Å². The number of aliphatic hydroxyl groups excluding tert-OH is 1. The predicted octanol–water partition coefficient (Wildman–Crippen LogP) is 1.63. The first-order valence-corrected chi connectivity index (χ1v) is 11.8. The number of nitrogens with zero attached hydrogens (tertiary/aromatic N) is 2. The number of aromatic nitrogens is 1. The average molecular weight is 448 g/mol. The van der Waals surface area contributed by atoms with Crippen LogP contribution < -0.4 is 10.1 Å². The van der Waals surface area contributed by atoms with Gasteiger partial charge in [-0.1, -0.05) is 6.08 Å². The molecule has 31 heavy (non-hydrogen) atoms. The van der Waals surface area contributed by atoms with E-state index in [1.165, 1.54) is 12.5 Å². The molecule has 9 heteroatoms. The van der Waals surface area contributed by atoms with Crippen molar-refractivity contribution >= 4 is 16.7 Å². The normalized spacial score (nSPS) is 16.4. The quantitative estimate of drug-likeness (QED) is 0.505. The van der Waals surface area contributed by atoms with E-state index in [0.29, 0.717) is 24.8 Å². The maximum atomic E-state index is 11.9. The van der Waals surface area contributed by atoms with Crippen LogP contribution in [-0.4, -0.2) is 63.2 Å². The third-order valence-electron chi connectivity index (χ3n) is 4.87. The van der Waals surface area contributed by atoms with Gasteiger partial charge in [0, 0.05) is 54.8 Å².